The van der Waals surface area contributed by atoms with E-state index in [1.165, 1.54) is 0 Å². The van der Waals surface area contributed by atoms with Crippen molar-refractivity contribution in [2.24, 2.45) is 0 Å². The number of anilines is 1. The molecule has 3 aromatic carbocycles. The van der Waals surface area contributed by atoms with Crippen LogP contribution in [0.2, 0.25) is 0 Å². The van der Waals surface area contributed by atoms with Gasteiger partial charge in [0.1, 0.15) is 11.5 Å². The second-order valence-electron chi connectivity index (χ2n) is 5.64. The minimum Gasteiger partial charge on any atom is -0.457 e. The Morgan fingerprint density at radius 3 is 2.17 bits per heavy atom. The molecule has 0 bridgehead atoms. The average Bonchev–Trinajstić information content (AvgIpc) is 2.60. The van der Waals surface area contributed by atoms with E-state index in [4.69, 9.17) is 4.74 Å². The van der Waals surface area contributed by atoms with Crippen LogP contribution in [-0.2, 0) is 0 Å². The van der Waals surface area contributed by atoms with Crippen molar-refractivity contribution in [3.05, 3.63) is 89.5 Å². The van der Waals surface area contributed by atoms with E-state index in [0.717, 1.165) is 28.3 Å². The van der Waals surface area contributed by atoms with E-state index in [2.05, 4.69) is 5.32 Å². The van der Waals surface area contributed by atoms with Crippen molar-refractivity contribution < 1.29 is 9.53 Å². The number of carbonyl (C=O) groups is 1. The fourth-order valence-corrected chi connectivity index (χ4v) is 2.43. The molecule has 0 fully saturated rings. The van der Waals surface area contributed by atoms with Crippen LogP contribution in [0.5, 0.6) is 11.5 Å². The fraction of sp³-hybridized carbons (Fsp3) is 0.0952. The van der Waals surface area contributed by atoms with Crippen LogP contribution in [-0.4, -0.2) is 5.91 Å². The predicted molar refractivity (Wildman–Crippen MR) is 96.8 cm³/mol. The van der Waals surface area contributed by atoms with Crippen LogP contribution in [0.25, 0.3) is 0 Å². The van der Waals surface area contributed by atoms with Crippen LogP contribution < -0.4 is 10.1 Å². The monoisotopic (exact) mass is 317 g/mol. The van der Waals surface area contributed by atoms with Crippen LogP contribution in [0.3, 0.4) is 0 Å². The Morgan fingerprint density at radius 1 is 0.792 bits per heavy atom. The van der Waals surface area contributed by atoms with Crippen LogP contribution in [0, 0.1) is 13.8 Å². The van der Waals surface area contributed by atoms with Crippen LogP contribution in [0.1, 0.15) is 21.5 Å². The van der Waals surface area contributed by atoms with Gasteiger partial charge in [0.2, 0.25) is 0 Å². The van der Waals surface area contributed by atoms with Gasteiger partial charge in [-0.1, -0.05) is 30.3 Å². The highest BCUT2D eigenvalue weighted by molar-refractivity contribution is 6.05. The molecule has 3 rings (SSSR count). The van der Waals surface area contributed by atoms with Crippen LogP contribution in [0.15, 0.2) is 72.8 Å². The maximum absolute atomic E-state index is 12.4. The number of hydrogen-bond donors (Lipinski definition) is 1. The number of rotatable bonds is 4. The molecule has 3 aromatic rings. The molecule has 3 nitrogen and oxygen atoms in total. The van der Waals surface area contributed by atoms with Gasteiger partial charge < -0.3 is 10.1 Å². The molecule has 120 valence electrons. The van der Waals surface area contributed by atoms with Gasteiger partial charge in [-0.25, -0.2) is 0 Å². The number of amides is 1. The number of para-hydroxylation sites is 1. The smallest absolute Gasteiger partial charge is 0.255 e. The van der Waals surface area contributed by atoms with E-state index in [-0.39, 0.29) is 5.91 Å². The molecule has 0 aliphatic heterocycles. The summed E-state index contributed by atoms with van der Waals surface area (Å²) in [5.41, 5.74) is 3.54. The highest BCUT2D eigenvalue weighted by Crippen LogP contribution is 2.23. The lowest BCUT2D eigenvalue weighted by molar-refractivity contribution is 0.102. The minimum atomic E-state index is -0.104. The molecule has 0 saturated carbocycles. The average molecular weight is 317 g/mol. The number of carbonyl (C=O) groups excluding carboxylic acids is 1. The summed E-state index contributed by atoms with van der Waals surface area (Å²) >= 11 is 0. The maximum Gasteiger partial charge on any atom is 0.255 e. The normalized spacial score (nSPS) is 10.2. The van der Waals surface area contributed by atoms with Crippen molar-refractivity contribution in [3.8, 4) is 11.5 Å². The molecule has 0 heterocycles. The summed E-state index contributed by atoms with van der Waals surface area (Å²) in [6, 6.07) is 22.7. The van der Waals surface area contributed by atoms with E-state index >= 15 is 0 Å². The molecule has 0 spiro atoms. The largest absolute Gasteiger partial charge is 0.457 e. The first-order valence-electron chi connectivity index (χ1n) is 7.84. The number of ether oxygens (including phenoxy) is 1. The zero-order chi connectivity index (χ0) is 16.9. The van der Waals surface area contributed by atoms with E-state index in [1.54, 1.807) is 0 Å². The number of hydrogen-bond acceptors (Lipinski definition) is 2. The fourth-order valence-electron chi connectivity index (χ4n) is 2.43. The molecular formula is C21H19NO2. The summed E-state index contributed by atoms with van der Waals surface area (Å²) < 4.78 is 5.75. The van der Waals surface area contributed by atoms with Crippen LogP contribution in [0.4, 0.5) is 5.69 Å². The predicted octanol–water partition coefficient (Wildman–Crippen LogP) is 5.35. The quantitative estimate of drug-likeness (QED) is 0.704. The Balaban J connectivity index is 1.70. The summed E-state index contributed by atoms with van der Waals surface area (Å²) in [6.07, 6.45) is 0. The third-order valence-corrected chi connectivity index (χ3v) is 3.94. The van der Waals surface area contributed by atoms with Gasteiger partial charge in [0.25, 0.3) is 5.91 Å². The Bertz CT molecular complexity index is 839. The van der Waals surface area contributed by atoms with Crippen molar-refractivity contribution in [2.45, 2.75) is 13.8 Å². The number of benzene rings is 3. The van der Waals surface area contributed by atoms with Crippen molar-refractivity contribution >= 4 is 11.6 Å². The minimum absolute atomic E-state index is 0.104. The van der Waals surface area contributed by atoms with E-state index in [0.29, 0.717) is 5.56 Å². The molecular weight excluding hydrogens is 298 g/mol. The van der Waals surface area contributed by atoms with E-state index < -0.39 is 0 Å². The molecule has 0 aromatic heterocycles. The maximum atomic E-state index is 12.4. The molecule has 0 unspecified atom stereocenters. The lowest BCUT2D eigenvalue weighted by atomic mass is 10.0. The SMILES string of the molecule is Cc1cccc(C(=O)Nc2ccc(Oc3ccccc3)cc2)c1C. The third-order valence-electron chi connectivity index (χ3n) is 3.94. The third kappa shape index (κ3) is 3.63. The zero-order valence-electron chi connectivity index (χ0n) is 13.7. The van der Waals surface area contributed by atoms with Crippen molar-refractivity contribution in [1.82, 2.24) is 0 Å². The number of aryl methyl sites for hydroxylation is 1. The molecule has 1 N–H and O–H groups in total. The lowest BCUT2D eigenvalue weighted by Gasteiger charge is -2.10. The van der Waals surface area contributed by atoms with Crippen molar-refractivity contribution in [3.63, 3.8) is 0 Å². The van der Waals surface area contributed by atoms with Gasteiger partial charge in [0.05, 0.1) is 0 Å². The van der Waals surface area contributed by atoms with Gasteiger partial charge in [0.15, 0.2) is 0 Å². The second kappa shape index (κ2) is 7.01. The highest BCUT2D eigenvalue weighted by atomic mass is 16.5. The molecule has 0 aliphatic carbocycles. The van der Waals surface area contributed by atoms with Gasteiger partial charge in [0, 0.05) is 11.3 Å². The second-order valence-corrected chi connectivity index (χ2v) is 5.64. The molecule has 0 atom stereocenters. The first-order chi connectivity index (χ1) is 11.6. The van der Waals surface area contributed by atoms with Gasteiger partial charge >= 0.3 is 0 Å². The Labute approximate surface area is 141 Å². The van der Waals surface area contributed by atoms with Gasteiger partial charge in [-0.15, -0.1) is 0 Å². The molecule has 3 heteroatoms. The highest BCUT2D eigenvalue weighted by Gasteiger charge is 2.10. The lowest BCUT2D eigenvalue weighted by Crippen LogP contribution is -2.13. The Kier molecular flexibility index (Phi) is 4.62. The molecule has 0 aliphatic rings. The van der Waals surface area contributed by atoms with Crippen LogP contribution >= 0.6 is 0 Å². The first kappa shape index (κ1) is 15.8. The summed E-state index contributed by atoms with van der Waals surface area (Å²) in [5.74, 6) is 1.41. The standard InChI is InChI=1S/C21H19NO2/c1-15-7-6-10-20(16(15)2)21(23)22-17-11-13-19(14-12-17)24-18-8-4-3-5-9-18/h3-14H,1-2H3,(H,22,23). The van der Waals surface area contributed by atoms with Gasteiger partial charge in [-0.2, -0.15) is 0 Å². The van der Waals surface area contributed by atoms with E-state index in [1.807, 2.05) is 86.6 Å². The number of nitrogens with one attached hydrogen (secondary N) is 1. The van der Waals surface area contributed by atoms with E-state index in [9.17, 15) is 4.79 Å². The molecule has 0 radical (unpaired) electrons. The summed E-state index contributed by atoms with van der Waals surface area (Å²) in [4.78, 5) is 12.4. The molecule has 24 heavy (non-hydrogen) atoms. The van der Waals surface area contributed by atoms with Crippen molar-refractivity contribution in [2.75, 3.05) is 5.32 Å². The zero-order valence-corrected chi connectivity index (χ0v) is 13.7. The summed E-state index contributed by atoms with van der Waals surface area (Å²) in [7, 11) is 0. The molecule has 0 saturated heterocycles. The summed E-state index contributed by atoms with van der Waals surface area (Å²) in [5, 5.41) is 2.92. The van der Waals surface area contributed by atoms with Crippen molar-refractivity contribution in [1.29, 1.82) is 0 Å². The van der Waals surface area contributed by atoms with Gasteiger partial charge in [-0.3, -0.25) is 4.79 Å². The first-order valence-corrected chi connectivity index (χ1v) is 7.84. The molecule has 1 amide bonds. The summed E-state index contributed by atoms with van der Waals surface area (Å²) in [6.45, 7) is 3.96. The van der Waals surface area contributed by atoms with Gasteiger partial charge in [-0.05, 0) is 67.4 Å². The topological polar surface area (TPSA) is 38.3 Å². The Hall–Kier alpha value is -3.07. The Morgan fingerprint density at radius 2 is 1.46 bits per heavy atom.